The van der Waals surface area contributed by atoms with Crippen molar-refractivity contribution < 1.29 is 9.84 Å². The van der Waals surface area contributed by atoms with E-state index in [0.29, 0.717) is 35.6 Å². The first kappa shape index (κ1) is 17.7. The number of β-amino-alcohol motifs (C(OH)–C–C–N with tert-alkyl or cyclic N) is 1. The smallest absolute Gasteiger partial charge is 0.0900 e. The average Bonchev–Trinajstić information content (AvgIpc) is 2.82. The number of aliphatic hydroxyl groups is 1. The van der Waals surface area contributed by atoms with Crippen molar-refractivity contribution in [1.29, 1.82) is 0 Å². The maximum Gasteiger partial charge on any atom is 0.0900 e. The Morgan fingerprint density at radius 1 is 1.13 bits per heavy atom. The van der Waals surface area contributed by atoms with Crippen LogP contribution in [0.15, 0.2) is 0 Å². The van der Waals surface area contributed by atoms with Crippen molar-refractivity contribution in [3.63, 3.8) is 0 Å². The van der Waals surface area contributed by atoms with Gasteiger partial charge < -0.3 is 9.84 Å². The van der Waals surface area contributed by atoms with Gasteiger partial charge in [0.25, 0.3) is 0 Å². The van der Waals surface area contributed by atoms with E-state index in [1.165, 1.54) is 38.5 Å². The molecule has 23 heavy (non-hydrogen) atoms. The highest BCUT2D eigenvalue weighted by molar-refractivity contribution is 5.11. The van der Waals surface area contributed by atoms with E-state index in [2.05, 4.69) is 39.5 Å². The third-order valence-electron chi connectivity index (χ3n) is 8.00. The number of hydrogen-bond acceptors (Lipinski definition) is 3. The van der Waals surface area contributed by atoms with E-state index in [-0.39, 0.29) is 6.10 Å². The van der Waals surface area contributed by atoms with Crippen LogP contribution in [0.2, 0.25) is 0 Å². The van der Waals surface area contributed by atoms with Gasteiger partial charge in [0.1, 0.15) is 0 Å². The number of fused-ring (bicyclic) bond motifs is 2. The number of rotatable bonds is 5. The number of ether oxygens (including phenoxy) is 1. The highest BCUT2D eigenvalue weighted by Crippen LogP contribution is 2.66. The summed E-state index contributed by atoms with van der Waals surface area (Å²) >= 11 is 0. The molecule has 3 nitrogen and oxygen atoms in total. The van der Waals surface area contributed by atoms with Crippen LogP contribution >= 0.6 is 0 Å². The minimum absolute atomic E-state index is 0.295. The van der Waals surface area contributed by atoms with E-state index in [4.69, 9.17) is 4.74 Å². The number of likely N-dealkylation sites (tertiary alicyclic amines) is 1. The zero-order chi connectivity index (χ0) is 16.8. The van der Waals surface area contributed by atoms with E-state index in [0.717, 1.165) is 12.5 Å². The van der Waals surface area contributed by atoms with Crippen molar-refractivity contribution in [1.82, 2.24) is 4.90 Å². The molecule has 0 radical (unpaired) electrons. The zero-order valence-corrected chi connectivity index (χ0v) is 15.8. The van der Waals surface area contributed by atoms with Gasteiger partial charge in [0.15, 0.2) is 0 Å². The normalized spacial score (nSPS) is 44.6. The van der Waals surface area contributed by atoms with Crippen molar-refractivity contribution in [3.05, 3.63) is 0 Å². The van der Waals surface area contributed by atoms with E-state index in [9.17, 15) is 5.11 Å². The zero-order valence-electron chi connectivity index (χ0n) is 15.8. The second-order valence-corrected chi connectivity index (χ2v) is 9.41. The van der Waals surface area contributed by atoms with Crippen LogP contribution in [0.1, 0.15) is 73.1 Å². The Kier molecular flexibility index (Phi) is 4.85. The lowest BCUT2D eigenvalue weighted by molar-refractivity contribution is -0.0842. The summed E-state index contributed by atoms with van der Waals surface area (Å²) < 4.78 is 6.27. The molecule has 3 heteroatoms. The van der Waals surface area contributed by atoms with Gasteiger partial charge in [0, 0.05) is 18.6 Å². The second kappa shape index (κ2) is 6.31. The molecule has 3 fully saturated rings. The Labute approximate surface area is 142 Å². The van der Waals surface area contributed by atoms with E-state index < -0.39 is 0 Å². The van der Waals surface area contributed by atoms with Gasteiger partial charge in [-0.3, -0.25) is 4.90 Å². The molecule has 3 aliphatic rings. The topological polar surface area (TPSA) is 32.7 Å². The van der Waals surface area contributed by atoms with Crippen LogP contribution in [0.4, 0.5) is 0 Å². The van der Waals surface area contributed by atoms with Gasteiger partial charge in [-0.05, 0) is 62.7 Å². The van der Waals surface area contributed by atoms with Crippen LogP contribution in [0.3, 0.4) is 0 Å². The number of nitrogens with zero attached hydrogens (tertiary/aromatic N) is 1. The number of hydrogen-bond donors (Lipinski definition) is 1. The quantitative estimate of drug-likeness (QED) is 0.834. The summed E-state index contributed by atoms with van der Waals surface area (Å²) in [7, 11) is 0. The third-order valence-corrected chi connectivity index (χ3v) is 8.00. The third kappa shape index (κ3) is 2.98. The Balaban J connectivity index is 1.51. The van der Waals surface area contributed by atoms with Crippen LogP contribution in [0.25, 0.3) is 0 Å². The summed E-state index contributed by atoms with van der Waals surface area (Å²) in [5, 5.41) is 10.5. The molecule has 0 unspecified atom stereocenters. The van der Waals surface area contributed by atoms with Gasteiger partial charge in [0.2, 0.25) is 0 Å². The van der Waals surface area contributed by atoms with Crippen LogP contribution in [-0.4, -0.2) is 47.4 Å². The predicted molar refractivity (Wildman–Crippen MR) is 94.5 cm³/mol. The van der Waals surface area contributed by atoms with Gasteiger partial charge in [-0.15, -0.1) is 0 Å². The van der Waals surface area contributed by atoms with Gasteiger partial charge in [0.05, 0.1) is 18.8 Å². The molecule has 0 aromatic carbocycles. The summed E-state index contributed by atoms with van der Waals surface area (Å²) in [6.45, 7) is 13.1. The molecule has 2 bridgehead atoms. The molecule has 1 heterocycles. The minimum atomic E-state index is -0.358. The molecule has 1 aliphatic heterocycles. The summed E-state index contributed by atoms with van der Waals surface area (Å²) in [5.74, 6) is 0.803. The van der Waals surface area contributed by atoms with Crippen LogP contribution in [0, 0.1) is 16.7 Å². The van der Waals surface area contributed by atoms with E-state index in [1.807, 2.05) is 0 Å². The molecular formula is C20H37NO2. The fourth-order valence-electron chi connectivity index (χ4n) is 5.74. The fourth-order valence-corrected chi connectivity index (χ4v) is 5.74. The van der Waals surface area contributed by atoms with Crippen LogP contribution in [0.5, 0.6) is 0 Å². The molecule has 1 N–H and O–H groups in total. The number of piperidine rings is 1. The van der Waals surface area contributed by atoms with E-state index >= 15 is 0 Å². The molecule has 2 aliphatic carbocycles. The first-order valence-electron chi connectivity index (χ1n) is 9.81. The standard InChI is InChI=1S/C20H37NO2/c1-14-7-6-8-15(2)21(14)12-17(22)13-23-18-11-16-9-10-20(18,5)19(16,3)4/h14-18,22H,6-13H2,1-5H3/t14-,15+,16-,17-,18+,20-/m0/s1. The number of aliphatic hydroxyl groups excluding tert-OH is 1. The summed E-state index contributed by atoms with van der Waals surface area (Å²) in [6, 6.07) is 1.18. The van der Waals surface area contributed by atoms with Crippen molar-refractivity contribution in [3.8, 4) is 0 Å². The Bertz CT molecular complexity index is 414. The summed E-state index contributed by atoms with van der Waals surface area (Å²) in [4.78, 5) is 2.48. The Morgan fingerprint density at radius 2 is 1.78 bits per heavy atom. The van der Waals surface area contributed by atoms with Crippen molar-refractivity contribution in [2.75, 3.05) is 13.2 Å². The molecular weight excluding hydrogens is 286 g/mol. The lowest BCUT2D eigenvalue weighted by Crippen LogP contribution is -2.48. The van der Waals surface area contributed by atoms with Crippen molar-refractivity contribution in [2.45, 2.75) is 97.4 Å². The molecule has 3 rings (SSSR count). The Morgan fingerprint density at radius 3 is 2.30 bits per heavy atom. The summed E-state index contributed by atoms with van der Waals surface area (Å²) in [6.07, 6.45) is 7.64. The lowest BCUT2D eigenvalue weighted by Gasteiger charge is -2.41. The molecule has 6 atom stereocenters. The predicted octanol–water partition coefficient (Wildman–Crippen LogP) is 3.84. The SMILES string of the molecule is C[C@@H]1CCC[C@H](C)N1C[C@H](O)CO[C@@H]1C[C@@H]2CC[C@]1(C)C2(C)C. The van der Waals surface area contributed by atoms with Gasteiger partial charge in [-0.25, -0.2) is 0 Å². The molecule has 134 valence electrons. The fraction of sp³-hybridized carbons (Fsp3) is 1.00. The molecule has 0 spiro atoms. The largest absolute Gasteiger partial charge is 0.389 e. The molecule has 0 aromatic heterocycles. The molecule has 0 aromatic rings. The average molecular weight is 324 g/mol. The monoisotopic (exact) mass is 323 g/mol. The maximum absolute atomic E-state index is 10.5. The van der Waals surface area contributed by atoms with Crippen LogP contribution in [-0.2, 0) is 4.74 Å². The minimum Gasteiger partial charge on any atom is -0.389 e. The van der Waals surface area contributed by atoms with Gasteiger partial charge in [-0.2, -0.15) is 0 Å². The summed E-state index contributed by atoms with van der Waals surface area (Å²) in [5.41, 5.74) is 0.682. The molecule has 2 saturated carbocycles. The Hall–Kier alpha value is -0.120. The van der Waals surface area contributed by atoms with Crippen molar-refractivity contribution in [2.24, 2.45) is 16.7 Å². The maximum atomic E-state index is 10.5. The first-order chi connectivity index (χ1) is 10.8. The van der Waals surface area contributed by atoms with Crippen molar-refractivity contribution >= 4 is 0 Å². The van der Waals surface area contributed by atoms with E-state index in [1.54, 1.807) is 0 Å². The van der Waals surface area contributed by atoms with Gasteiger partial charge in [-0.1, -0.05) is 27.2 Å². The van der Waals surface area contributed by atoms with Crippen LogP contribution < -0.4 is 0 Å². The second-order valence-electron chi connectivity index (χ2n) is 9.41. The lowest BCUT2D eigenvalue weighted by atomic mass is 9.70. The molecule has 1 saturated heterocycles. The first-order valence-corrected chi connectivity index (χ1v) is 9.81. The van der Waals surface area contributed by atoms with Gasteiger partial charge >= 0.3 is 0 Å². The highest BCUT2D eigenvalue weighted by Gasteiger charge is 2.61. The molecule has 0 amide bonds. The highest BCUT2D eigenvalue weighted by atomic mass is 16.5.